The minimum absolute atomic E-state index is 0.118. The van der Waals surface area contributed by atoms with E-state index in [-0.39, 0.29) is 23.8 Å². The van der Waals surface area contributed by atoms with E-state index in [1.54, 1.807) is 0 Å². The first-order chi connectivity index (χ1) is 11.4. The standard InChI is InChI=1S/C16H14BrN5O2/c1-6-4-9(12-14(23)22-16(18)21-12)11-8-5-7(17)2-3-10(8)20-13(11)15(24)19-6/h2-3,5-6,23H,4H2,1H3,(H,19,24)(H3,18,21,22). The summed E-state index contributed by atoms with van der Waals surface area (Å²) < 4.78 is 0.885. The Morgan fingerprint density at radius 1 is 1.42 bits per heavy atom. The van der Waals surface area contributed by atoms with Crippen molar-refractivity contribution in [2.45, 2.75) is 19.4 Å². The number of carbonyl (C=O) groups excluding carboxylic acids is 1. The molecule has 1 aromatic heterocycles. The number of nitrogens with one attached hydrogen (secondary N) is 2. The average molecular weight is 388 g/mol. The van der Waals surface area contributed by atoms with Crippen LogP contribution in [0.5, 0.6) is 5.88 Å². The molecule has 1 aromatic carbocycles. The molecule has 2 aliphatic heterocycles. The number of rotatable bonds is 1. The van der Waals surface area contributed by atoms with E-state index in [0.29, 0.717) is 23.4 Å². The zero-order valence-corrected chi connectivity index (χ0v) is 14.3. The summed E-state index contributed by atoms with van der Waals surface area (Å²) in [5.74, 6) is -0.288. The summed E-state index contributed by atoms with van der Waals surface area (Å²) in [6, 6.07) is 5.53. The SMILES string of the molecule is CC1CC(c2[nH]c(N)nc2O)=C2C(=Nc3ccc(Br)cc32)C(=O)N1. The third-order valence-corrected chi connectivity index (χ3v) is 4.60. The van der Waals surface area contributed by atoms with Gasteiger partial charge in [0.25, 0.3) is 5.91 Å². The number of aromatic amines is 1. The number of fused-ring (bicyclic) bond motifs is 3. The number of nitrogens with two attached hydrogens (primary N) is 1. The number of H-pyrrole nitrogens is 1. The van der Waals surface area contributed by atoms with Gasteiger partial charge in [-0.05, 0) is 37.1 Å². The molecule has 0 saturated heterocycles. The van der Waals surface area contributed by atoms with Gasteiger partial charge in [-0.25, -0.2) is 4.99 Å². The normalized spacial score (nSPS) is 19.5. The van der Waals surface area contributed by atoms with Crippen LogP contribution in [0.2, 0.25) is 0 Å². The molecule has 24 heavy (non-hydrogen) atoms. The van der Waals surface area contributed by atoms with Gasteiger partial charge in [0.05, 0.1) is 5.69 Å². The van der Waals surface area contributed by atoms with E-state index in [2.05, 4.69) is 36.2 Å². The summed E-state index contributed by atoms with van der Waals surface area (Å²) in [6.07, 6.45) is 0.515. The lowest BCUT2D eigenvalue weighted by atomic mass is 9.93. The molecule has 0 bridgehead atoms. The Bertz CT molecular complexity index is 944. The van der Waals surface area contributed by atoms with Crippen LogP contribution < -0.4 is 11.1 Å². The number of aliphatic imine (C=N–C) groups is 1. The Labute approximate surface area is 145 Å². The number of nitrogen functional groups attached to an aromatic ring is 1. The number of aromatic hydroxyl groups is 1. The summed E-state index contributed by atoms with van der Waals surface area (Å²) in [5.41, 5.74) is 9.46. The molecule has 2 aliphatic rings. The summed E-state index contributed by atoms with van der Waals surface area (Å²) in [7, 11) is 0. The van der Waals surface area contributed by atoms with Crippen LogP contribution in [-0.2, 0) is 4.79 Å². The number of halogens is 1. The molecule has 0 aliphatic carbocycles. The fourth-order valence-electron chi connectivity index (χ4n) is 3.15. The highest BCUT2D eigenvalue weighted by Crippen LogP contribution is 2.44. The zero-order valence-electron chi connectivity index (χ0n) is 12.7. The van der Waals surface area contributed by atoms with E-state index >= 15 is 0 Å². The van der Waals surface area contributed by atoms with E-state index in [1.807, 2.05) is 25.1 Å². The predicted molar refractivity (Wildman–Crippen MR) is 94.9 cm³/mol. The maximum absolute atomic E-state index is 12.5. The fraction of sp³-hybridized carbons (Fsp3) is 0.188. The minimum Gasteiger partial charge on any atom is -0.492 e. The molecule has 3 heterocycles. The molecule has 4 rings (SSSR count). The van der Waals surface area contributed by atoms with Crippen LogP contribution in [0, 0.1) is 0 Å². The van der Waals surface area contributed by atoms with Crippen molar-refractivity contribution >= 4 is 50.3 Å². The maximum Gasteiger partial charge on any atom is 0.270 e. The molecule has 2 aromatic rings. The largest absolute Gasteiger partial charge is 0.492 e. The number of benzene rings is 1. The molecular weight excluding hydrogens is 374 g/mol. The minimum atomic E-state index is -0.230. The number of carbonyl (C=O) groups is 1. The highest BCUT2D eigenvalue weighted by molar-refractivity contribution is 9.10. The number of aromatic nitrogens is 2. The van der Waals surface area contributed by atoms with Gasteiger partial charge >= 0.3 is 0 Å². The third kappa shape index (κ3) is 2.22. The Hall–Kier alpha value is -2.61. The third-order valence-electron chi connectivity index (χ3n) is 4.11. The van der Waals surface area contributed by atoms with Gasteiger partial charge in [0, 0.05) is 21.7 Å². The van der Waals surface area contributed by atoms with Crippen molar-refractivity contribution in [2.75, 3.05) is 5.73 Å². The van der Waals surface area contributed by atoms with Gasteiger partial charge in [-0.3, -0.25) is 4.79 Å². The lowest BCUT2D eigenvalue weighted by Crippen LogP contribution is -2.35. The molecule has 0 radical (unpaired) electrons. The molecule has 7 nitrogen and oxygen atoms in total. The summed E-state index contributed by atoms with van der Waals surface area (Å²) in [6.45, 7) is 1.90. The lowest BCUT2D eigenvalue weighted by Gasteiger charge is -2.12. The number of imidazole rings is 1. The second kappa shape index (κ2) is 5.20. The number of amides is 1. The van der Waals surface area contributed by atoms with E-state index in [1.165, 1.54) is 0 Å². The second-order valence-electron chi connectivity index (χ2n) is 5.87. The molecule has 5 N–H and O–H groups in total. The Morgan fingerprint density at radius 2 is 2.21 bits per heavy atom. The molecule has 1 amide bonds. The van der Waals surface area contributed by atoms with Gasteiger partial charge in [0.15, 0.2) is 0 Å². The topological polar surface area (TPSA) is 116 Å². The molecular formula is C16H14BrN5O2. The first-order valence-corrected chi connectivity index (χ1v) is 8.21. The van der Waals surface area contributed by atoms with E-state index in [4.69, 9.17) is 5.73 Å². The van der Waals surface area contributed by atoms with Gasteiger partial charge in [-0.15, -0.1) is 0 Å². The molecule has 8 heteroatoms. The molecule has 0 saturated carbocycles. The van der Waals surface area contributed by atoms with Crippen LogP contribution in [0.3, 0.4) is 0 Å². The van der Waals surface area contributed by atoms with Gasteiger partial charge in [0.1, 0.15) is 11.4 Å². The van der Waals surface area contributed by atoms with E-state index < -0.39 is 0 Å². The summed E-state index contributed by atoms with van der Waals surface area (Å²) >= 11 is 3.46. The molecule has 0 spiro atoms. The number of anilines is 1. The smallest absolute Gasteiger partial charge is 0.270 e. The van der Waals surface area contributed by atoms with Crippen molar-refractivity contribution in [3.8, 4) is 5.88 Å². The molecule has 0 fully saturated rings. The van der Waals surface area contributed by atoms with Gasteiger partial charge in [0.2, 0.25) is 11.8 Å². The van der Waals surface area contributed by atoms with Gasteiger partial charge < -0.3 is 21.1 Å². The van der Waals surface area contributed by atoms with Crippen LogP contribution in [0.25, 0.3) is 11.1 Å². The first kappa shape index (κ1) is 14.9. The fourth-order valence-corrected chi connectivity index (χ4v) is 3.51. The van der Waals surface area contributed by atoms with Crippen LogP contribution in [-0.4, -0.2) is 32.7 Å². The number of hydrogen-bond donors (Lipinski definition) is 4. The highest BCUT2D eigenvalue weighted by Gasteiger charge is 2.35. The summed E-state index contributed by atoms with van der Waals surface area (Å²) in [4.78, 5) is 23.7. The van der Waals surface area contributed by atoms with Crippen LogP contribution in [0.1, 0.15) is 24.6 Å². The average Bonchev–Trinajstić information content (AvgIpc) is 3.01. The maximum atomic E-state index is 12.5. The quantitative estimate of drug-likeness (QED) is 0.600. The highest BCUT2D eigenvalue weighted by atomic mass is 79.9. The van der Waals surface area contributed by atoms with Crippen molar-refractivity contribution in [3.63, 3.8) is 0 Å². The number of nitrogens with zero attached hydrogens (tertiary/aromatic N) is 2. The number of hydrogen-bond acceptors (Lipinski definition) is 5. The Morgan fingerprint density at radius 3 is 2.92 bits per heavy atom. The van der Waals surface area contributed by atoms with Crippen LogP contribution in [0.15, 0.2) is 27.7 Å². The van der Waals surface area contributed by atoms with Crippen LogP contribution in [0.4, 0.5) is 11.6 Å². The second-order valence-corrected chi connectivity index (χ2v) is 6.79. The van der Waals surface area contributed by atoms with Crippen molar-refractivity contribution in [2.24, 2.45) is 4.99 Å². The Kier molecular flexibility index (Phi) is 3.24. The summed E-state index contributed by atoms with van der Waals surface area (Å²) in [5, 5.41) is 13.1. The van der Waals surface area contributed by atoms with Gasteiger partial charge in [-0.1, -0.05) is 15.9 Å². The van der Waals surface area contributed by atoms with Crippen molar-refractivity contribution in [1.29, 1.82) is 0 Å². The van der Waals surface area contributed by atoms with Crippen molar-refractivity contribution < 1.29 is 9.90 Å². The van der Waals surface area contributed by atoms with E-state index in [9.17, 15) is 9.90 Å². The lowest BCUT2D eigenvalue weighted by molar-refractivity contribution is -0.115. The van der Waals surface area contributed by atoms with E-state index in [0.717, 1.165) is 21.3 Å². The van der Waals surface area contributed by atoms with Gasteiger partial charge in [-0.2, -0.15) is 4.98 Å². The van der Waals surface area contributed by atoms with Crippen molar-refractivity contribution in [1.82, 2.24) is 15.3 Å². The van der Waals surface area contributed by atoms with Crippen molar-refractivity contribution in [3.05, 3.63) is 33.9 Å². The molecule has 1 atom stereocenters. The Balaban J connectivity index is 2.04. The zero-order chi connectivity index (χ0) is 17.0. The first-order valence-electron chi connectivity index (χ1n) is 7.42. The van der Waals surface area contributed by atoms with Crippen LogP contribution >= 0.6 is 15.9 Å². The predicted octanol–water partition coefficient (Wildman–Crippen LogP) is 2.37. The monoisotopic (exact) mass is 387 g/mol. The molecule has 122 valence electrons. The molecule has 1 unspecified atom stereocenters.